The van der Waals surface area contributed by atoms with Crippen molar-refractivity contribution < 1.29 is 14.3 Å². The number of carbonyl (C=O) groups excluding carboxylic acids is 1. The summed E-state index contributed by atoms with van der Waals surface area (Å²) in [6, 6.07) is 6.23. The number of aryl methyl sites for hydroxylation is 1. The summed E-state index contributed by atoms with van der Waals surface area (Å²) in [7, 11) is 1.70. The van der Waals surface area contributed by atoms with Gasteiger partial charge in [0.15, 0.2) is 5.96 Å². The molecule has 0 atom stereocenters. The zero-order valence-corrected chi connectivity index (χ0v) is 17.1. The predicted octanol–water partition coefficient (Wildman–Crippen LogP) is 2.79. The minimum atomic E-state index is -0.0642. The van der Waals surface area contributed by atoms with Crippen molar-refractivity contribution in [2.75, 3.05) is 39.9 Å². The highest BCUT2D eigenvalue weighted by Crippen LogP contribution is 2.21. The molecule has 1 aliphatic rings. The molecule has 6 heteroatoms. The number of piperidine rings is 1. The zero-order valence-electron chi connectivity index (χ0n) is 17.1. The van der Waals surface area contributed by atoms with Gasteiger partial charge in [-0.25, -0.2) is 0 Å². The summed E-state index contributed by atoms with van der Waals surface area (Å²) in [5.41, 5.74) is 2.40. The second-order valence-electron chi connectivity index (χ2n) is 6.81. The fraction of sp³-hybridized carbons (Fsp3) is 0.619. The Balaban J connectivity index is 1.95. The van der Waals surface area contributed by atoms with E-state index in [-0.39, 0.29) is 11.9 Å². The molecule has 6 nitrogen and oxygen atoms in total. The van der Waals surface area contributed by atoms with Gasteiger partial charge in [0.25, 0.3) is 0 Å². The Morgan fingerprint density at radius 2 is 2.04 bits per heavy atom. The third-order valence-corrected chi connectivity index (χ3v) is 4.83. The van der Waals surface area contributed by atoms with E-state index in [0.29, 0.717) is 13.2 Å². The van der Waals surface area contributed by atoms with Crippen LogP contribution in [0, 0.1) is 12.8 Å². The van der Waals surface area contributed by atoms with Crippen molar-refractivity contribution >= 4 is 11.9 Å². The van der Waals surface area contributed by atoms with Crippen LogP contribution in [0.4, 0.5) is 0 Å². The summed E-state index contributed by atoms with van der Waals surface area (Å²) < 4.78 is 10.6. The smallest absolute Gasteiger partial charge is 0.309 e. The molecule has 1 saturated heterocycles. The molecule has 0 amide bonds. The molecule has 0 spiro atoms. The molecule has 0 bridgehead atoms. The summed E-state index contributed by atoms with van der Waals surface area (Å²) in [5, 5.41) is 3.38. The fourth-order valence-electron chi connectivity index (χ4n) is 3.40. The first-order valence-corrected chi connectivity index (χ1v) is 9.92. The fourth-order valence-corrected chi connectivity index (χ4v) is 3.40. The number of aliphatic imine (C=N–C) groups is 1. The number of ether oxygens (including phenoxy) is 2. The maximum atomic E-state index is 11.9. The summed E-state index contributed by atoms with van der Waals surface area (Å²) in [6.45, 7) is 9.63. The molecule has 0 aliphatic carbocycles. The number of hydrogen-bond donors (Lipinski definition) is 1. The topological polar surface area (TPSA) is 63.2 Å². The van der Waals surface area contributed by atoms with Crippen LogP contribution in [-0.4, -0.2) is 56.7 Å². The van der Waals surface area contributed by atoms with E-state index in [2.05, 4.69) is 36.2 Å². The van der Waals surface area contributed by atoms with E-state index in [1.54, 1.807) is 7.11 Å². The van der Waals surface area contributed by atoms with Gasteiger partial charge in [0.2, 0.25) is 0 Å². The van der Waals surface area contributed by atoms with Crippen molar-refractivity contribution in [1.82, 2.24) is 10.2 Å². The van der Waals surface area contributed by atoms with Crippen LogP contribution >= 0.6 is 0 Å². The molecule has 1 heterocycles. The number of benzene rings is 1. The first-order valence-electron chi connectivity index (χ1n) is 9.92. The Morgan fingerprint density at radius 1 is 1.30 bits per heavy atom. The average molecular weight is 376 g/mol. The number of carbonyl (C=O) groups is 1. The van der Waals surface area contributed by atoms with Gasteiger partial charge in [-0.2, -0.15) is 0 Å². The van der Waals surface area contributed by atoms with Crippen molar-refractivity contribution in [3.63, 3.8) is 0 Å². The van der Waals surface area contributed by atoms with Crippen molar-refractivity contribution in [3.8, 4) is 5.75 Å². The Labute approximate surface area is 162 Å². The minimum absolute atomic E-state index is 0.0145. The SMILES string of the molecule is CCNC(=NCCc1cc(C)ccc1OC)N1CCC(C(=O)OCC)CC1. The van der Waals surface area contributed by atoms with Crippen molar-refractivity contribution in [1.29, 1.82) is 0 Å². The third-order valence-electron chi connectivity index (χ3n) is 4.83. The monoisotopic (exact) mass is 375 g/mol. The molecular formula is C21H33N3O3. The van der Waals surface area contributed by atoms with Crippen LogP contribution in [0.2, 0.25) is 0 Å². The lowest BCUT2D eigenvalue weighted by atomic mass is 9.97. The number of esters is 1. The maximum Gasteiger partial charge on any atom is 0.309 e. The number of methoxy groups -OCH3 is 1. The molecule has 0 aromatic heterocycles. The molecule has 1 aromatic carbocycles. The van der Waals surface area contributed by atoms with Gasteiger partial charge >= 0.3 is 5.97 Å². The Bertz CT molecular complexity index is 638. The standard InChI is InChI=1S/C21H33N3O3/c1-5-22-21(24-13-10-17(11-14-24)20(25)27-6-2)23-12-9-18-15-16(3)7-8-19(18)26-4/h7-8,15,17H,5-6,9-14H2,1-4H3,(H,22,23). The highest BCUT2D eigenvalue weighted by molar-refractivity contribution is 5.80. The van der Waals surface area contributed by atoms with E-state index in [9.17, 15) is 4.79 Å². The lowest BCUT2D eigenvalue weighted by Gasteiger charge is -2.33. The molecule has 0 radical (unpaired) electrons. The second-order valence-corrected chi connectivity index (χ2v) is 6.81. The van der Waals surface area contributed by atoms with E-state index in [0.717, 1.165) is 50.6 Å². The number of hydrogen-bond acceptors (Lipinski definition) is 4. The lowest BCUT2D eigenvalue weighted by Crippen LogP contribution is -2.46. The summed E-state index contributed by atoms with van der Waals surface area (Å²) in [6.07, 6.45) is 2.46. The molecular weight excluding hydrogens is 342 g/mol. The summed E-state index contributed by atoms with van der Waals surface area (Å²) in [5.74, 6) is 1.79. The van der Waals surface area contributed by atoms with Crippen LogP contribution in [0.5, 0.6) is 5.75 Å². The highest BCUT2D eigenvalue weighted by Gasteiger charge is 2.27. The van der Waals surface area contributed by atoms with Gasteiger partial charge in [0.1, 0.15) is 5.75 Å². The van der Waals surface area contributed by atoms with Crippen molar-refractivity contribution in [2.45, 2.75) is 40.0 Å². The molecule has 1 N–H and O–H groups in total. The molecule has 1 fully saturated rings. The number of guanidine groups is 1. The van der Waals surface area contributed by atoms with Crippen LogP contribution in [0.15, 0.2) is 23.2 Å². The summed E-state index contributed by atoms with van der Waals surface area (Å²) >= 11 is 0. The zero-order chi connectivity index (χ0) is 19.6. The molecule has 2 rings (SSSR count). The van der Waals surface area contributed by atoms with E-state index in [1.165, 1.54) is 11.1 Å². The van der Waals surface area contributed by atoms with Crippen molar-refractivity contribution in [3.05, 3.63) is 29.3 Å². The van der Waals surface area contributed by atoms with Gasteiger partial charge in [0.05, 0.1) is 19.6 Å². The normalized spacial score (nSPS) is 15.6. The first kappa shape index (κ1) is 21.1. The minimum Gasteiger partial charge on any atom is -0.496 e. The first-order chi connectivity index (χ1) is 13.1. The van der Waals surface area contributed by atoms with Gasteiger partial charge in [-0.05, 0) is 51.7 Å². The molecule has 27 heavy (non-hydrogen) atoms. The Morgan fingerprint density at radius 3 is 2.67 bits per heavy atom. The predicted molar refractivity (Wildman–Crippen MR) is 108 cm³/mol. The lowest BCUT2D eigenvalue weighted by molar-refractivity contribution is -0.149. The van der Waals surface area contributed by atoms with Crippen LogP contribution in [-0.2, 0) is 16.0 Å². The van der Waals surface area contributed by atoms with Gasteiger partial charge in [-0.3, -0.25) is 9.79 Å². The quantitative estimate of drug-likeness (QED) is 0.451. The van der Waals surface area contributed by atoms with Crippen molar-refractivity contribution in [2.24, 2.45) is 10.9 Å². The number of nitrogens with zero attached hydrogens (tertiary/aromatic N) is 2. The molecule has 150 valence electrons. The second kappa shape index (κ2) is 10.8. The third kappa shape index (κ3) is 6.15. The Hall–Kier alpha value is -2.24. The Kier molecular flexibility index (Phi) is 8.43. The van der Waals surface area contributed by atoms with E-state index < -0.39 is 0 Å². The highest BCUT2D eigenvalue weighted by atomic mass is 16.5. The summed E-state index contributed by atoms with van der Waals surface area (Å²) in [4.78, 5) is 19.0. The number of nitrogens with one attached hydrogen (secondary N) is 1. The maximum absolute atomic E-state index is 11.9. The largest absolute Gasteiger partial charge is 0.496 e. The van der Waals surface area contributed by atoms with Gasteiger partial charge < -0.3 is 19.7 Å². The van der Waals surface area contributed by atoms with Gasteiger partial charge in [-0.15, -0.1) is 0 Å². The molecule has 1 aliphatic heterocycles. The average Bonchev–Trinajstić information content (AvgIpc) is 2.68. The van der Waals surface area contributed by atoms with E-state index in [1.807, 2.05) is 13.0 Å². The van der Waals surface area contributed by atoms with Gasteiger partial charge in [0, 0.05) is 26.2 Å². The molecule has 0 unspecified atom stereocenters. The van der Waals surface area contributed by atoms with Gasteiger partial charge in [-0.1, -0.05) is 17.7 Å². The number of likely N-dealkylation sites (tertiary alicyclic amines) is 1. The van der Waals surface area contributed by atoms with Crippen LogP contribution in [0.3, 0.4) is 0 Å². The van der Waals surface area contributed by atoms with E-state index >= 15 is 0 Å². The molecule has 1 aromatic rings. The van der Waals surface area contributed by atoms with Crippen LogP contribution in [0.1, 0.15) is 37.8 Å². The number of rotatable bonds is 7. The van der Waals surface area contributed by atoms with Crippen LogP contribution in [0.25, 0.3) is 0 Å². The van der Waals surface area contributed by atoms with E-state index in [4.69, 9.17) is 14.5 Å². The van der Waals surface area contributed by atoms with Crippen LogP contribution < -0.4 is 10.1 Å². The molecule has 0 saturated carbocycles.